The smallest absolute Gasteiger partial charge is 0.410 e. The summed E-state index contributed by atoms with van der Waals surface area (Å²) in [6.45, 7) is 8.47. The topological polar surface area (TPSA) is 89.5 Å². The van der Waals surface area contributed by atoms with E-state index in [9.17, 15) is 9.59 Å². The summed E-state index contributed by atoms with van der Waals surface area (Å²) in [5, 5.41) is 0.808. The van der Waals surface area contributed by atoms with Crippen molar-refractivity contribution in [2.45, 2.75) is 51.9 Å². The number of benzene rings is 1. The summed E-state index contributed by atoms with van der Waals surface area (Å²) < 4.78 is 13.3. The maximum Gasteiger partial charge on any atom is 0.410 e. The Morgan fingerprint density at radius 2 is 2.03 bits per heavy atom. The lowest BCUT2D eigenvalue weighted by Crippen LogP contribution is -2.49. The van der Waals surface area contributed by atoms with Crippen LogP contribution in [0.4, 0.5) is 4.79 Å². The molecule has 1 amide bonds. The number of hydrogen-bond acceptors (Lipinski definition) is 5. The zero-order valence-electron chi connectivity index (χ0n) is 18.6. The van der Waals surface area contributed by atoms with Crippen LogP contribution in [-0.4, -0.2) is 50.4 Å². The van der Waals surface area contributed by atoms with E-state index in [1.807, 2.05) is 52.0 Å². The average Bonchev–Trinajstić information content (AvgIpc) is 3.09. The Hall–Kier alpha value is -2.84. The second-order valence-electron chi connectivity index (χ2n) is 8.88. The molecule has 1 saturated heterocycles. The number of carbonyl (C=O) groups is 1. The molecule has 1 N–H and O–H groups in total. The van der Waals surface area contributed by atoms with Crippen LogP contribution in [0.15, 0.2) is 41.5 Å². The highest BCUT2D eigenvalue weighted by molar-refractivity contribution is 6.31. The largest absolute Gasteiger partial charge is 0.444 e. The third-order valence-electron chi connectivity index (χ3n) is 5.44. The Kier molecular flexibility index (Phi) is 6.01. The van der Waals surface area contributed by atoms with Crippen LogP contribution in [0, 0.1) is 0 Å². The summed E-state index contributed by atoms with van der Waals surface area (Å²) in [7, 11) is 0. The number of fused-ring (bicyclic) bond motifs is 1. The summed E-state index contributed by atoms with van der Waals surface area (Å²) in [5.74, 6) is 0. The van der Waals surface area contributed by atoms with Crippen LogP contribution in [0.25, 0.3) is 16.7 Å². The van der Waals surface area contributed by atoms with Gasteiger partial charge in [-0.25, -0.2) is 9.78 Å². The molecule has 0 unspecified atom stereocenters. The number of aromatic nitrogens is 3. The van der Waals surface area contributed by atoms with Crippen molar-refractivity contribution >= 4 is 28.7 Å². The second-order valence-corrected chi connectivity index (χ2v) is 9.26. The molecule has 1 aliphatic heterocycles. The Labute approximate surface area is 191 Å². The molecule has 1 fully saturated rings. The summed E-state index contributed by atoms with van der Waals surface area (Å²) in [4.78, 5) is 33.6. The van der Waals surface area contributed by atoms with E-state index in [1.54, 1.807) is 15.5 Å². The molecule has 0 radical (unpaired) electrons. The lowest BCUT2D eigenvalue weighted by molar-refractivity contribution is -0.0716. The summed E-state index contributed by atoms with van der Waals surface area (Å²) >= 11 is 6.40. The first-order valence-corrected chi connectivity index (χ1v) is 11.0. The Balaban J connectivity index is 1.65. The molecule has 2 atom stereocenters. The quantitative estimate of drug-likeness (QED) is 0.626. The Bertz CT molecular complexity index is 1180. The van der Waals surface area contributed by atoms with Gasteiger partial charge >= 0.3 is 6.09 Å². The summed E-state index contributed by atoms with van der Waals surface area (Å²) in [6, 6.07) is 8.98. The number of ether oxygens (including phenoxy) is 2. The fourth-order valence-electron chi connectivity index (χ4n) is 3.85. The van der Waals surface area contributed by atoms with Crippen molar-refractivity contribution in [3.05, 3.63) is 57.7 Å². The number of aromatic amines is 1. The van der Waals surface area contributed by atoms with E-state index in [-0.39, 0.29) is 23.8 Å². The highest BCUT2D eigenvalue weighted by atomic mass is 35.5. The predicted molar refractivity (Wildman–Crippen MR) is 122 cm³/mol. The summed E-state index contributed by atoms with van der Waals surface area (Å²) in [6.07, 6.45) is 1.80. The molecular weight excluding hydrogens is 432 g/mol. The zero-order chi connectivity index (χ0) is 23.0. The number of halogens is 1. The van der Waals surface area contributed by atoms with Crippen molar-refractivity contribution in [3.8, 4) is 5.69 Å². The molecule has 0 aliphatic carbocycles. The van der Waals surface area contributed by atoms with Gasteiger partial charge in [0, 0.05) is 5.69 Å². The molecule has 3 aromatic rings. The lowest BCUT2D eigenvalue weighted by Gasteiger charge is -2.40. The van der Waals surface area contributed by atoms with Gasteiger partial charge < -0.3 is 14.5 Å². The van der Waals surface area contributed by atoms with Gasteiger partial charge in [-0.1, -0.05) is 30.7 Å². The molecule has 0 bridgehead atoms. The molecule has 32 heavy (non-hydrogen) atoms. The van der Waals surface area contributed by atoms with Gasteiger partial charge in [-0.15, -0.1) is 0 Å². The van der Waals surface area contributed by atoms with E-state index < -0.39 is 5.60 Å². The highest BCUT2D eigenvalue weighted by Crippen LogP contribution is 2.31. The fraction of sp³-hybridized carbons (Fsp3) is 0.435. The number of morpholine rings is 1. The molecule has 4 rings (SSSR count). The molecule has 1 aromatic carbocycles. The predicted octanol–water partition coefficient (Wildman–Crippen LogP) is 4.45. The molecule has 8 nitrogen and oxygen atoms in total. The second kappa shape index (κ2) is 8.60. The molecule has 2 aromatic heterocycles. The van der Waals surface area contributed by atoms with Gasteiger partial charge in [0.2, 0.25) is 0 Å². The molecule has 0 saturated carbocycles. The molecule has 1 aliphatic rings. The molecule has 0 spiro atoms. The summed E-state index contributed by atoms with van der Waals surface area (Å²) in [5.41, 5.74) is 1.34. The fourth-order valence-corrected chi connectivity index (χ4v) is 4.13. The SMILES string of the molecule is CC[C@@H]1CN(C(=O)OC(C)(C)C)[C@@H](c2ccc(-n3c(Cl)cc4c(=O)[nH]cnc43)cc2)CO1. The van der Waals surface area contributed by atoms with Crippen LogP contribution >= 0.6 is 11.6 Å². The maximum absolute atomic E-state index is 12.9. The minimum absolute atomic E-state index is 0.0211. The van der Waals surface area contributed by atoms with Crippen LogP contribution in [0.3, 0.4) is 0 Å². The van der Waals surface area contributed by atoms with E-state index in [0.717, 1.165) is 17.7 Å². The molecule has 3 heterocycles. The van der Waals surface area contributed by atoms with Crippen molar-refractivity contribution in [2.75, 3.05) is 13.2 Å². The number of carbonyl (C=O) groups excluding carboxylic acids is 1. The van der Waals surface area contributed by atoms with E-state index in [0.29, 0.717) is 29.3 Å². The number of nitrogens with one attached hydrogen (secondary N) is 1. The van der Waals surface area contributed by atoms with Gasteiger partial charge in [0.25, 0.3) is 5.56 Å². The van der Waals surface area contributed by atoms with Gasteiger partial charge in [0.05, 0.1) is 37.0 Å². The minimum atomic E-state index is -0.581. The number of H-pyrrole nitrogens is 1. The molecular formula is C23H27ClN4O4. The van der Waals surface area contributed by atoms with Crippen LogP contribution < -0.4 is 5.56 Å². The third kappa shape index (κ3) is 4.38. The Morgan fingerprint density at radius 3 is 2.69 bits per heavy atom. The van der Waals surface area contributed by atoms with Crippen molar-refractivity contribution in [1.29, 1.82) is 0 Å². The van der Waals surface area contributed by atoms with Gasteiger partial charge in [-0.05, 0) is 51.0 Å². The van der Waals surface area contributed by atoms with E-state index in [1.165, 1.54) is 6.33 Å². The van der Waals surface area contributed by atoms with Crippen molar-refractivity contribution in [3.63, 3.8) is 0 Å². The highest BCUT2D eigenvalue weighted by Gasteiger charge is 2.35. The number of hydrogen-bond donors (Lipinski definition) is 1. The van der Waals surface area contributed by atoms with E-state index in [2.05, 4.69) is 9.97 Å². The van der Waals surface area contributed by atoms with Gasteiger partial charge in [-0.3, -0.25) is 14.3 Å². The first-order chi connectivity index (χ1) is 15.2. The van der Waals surface area contributed by atoms with Crippen LogP contribution in [-0.2, 0) is 9.47 Å². The normalized spacial score (nSPS) is 19.3. The van der Waals surface area contributed by atoms with Gasteiger partial charge in [0.1, 0.15) is 10.8 Å². The number of amides is 1. The molecule has 9 heteroatoms. The van der Waals surface area contributed by atoms with Gasteiger partial charge in [0.15, 0.2) is 5.65 Å². The monoisotopic (exact) mass is 458 g/mol. The van der Waals surface area contributed by atoms with Crippen molar-refractivity contribution in [2.24, 2.45) is 0 Å². The first-order valence-electron chi connectivity index (χ1n) is 10.6. The number of nitrogens with zero attached hydrogens (tertiary/aromatic N) is 3. The van der Waals surface area contributed by atoms with Gasteiger partial charge in [-0.2, -0.15) is 0 Å². The van der Waals surface area contributed by atoms with Crippen molar-refractivity contribution < 1.29 is 14.3 Å². The first kappa shape index (κ1) is 22.4. The minimum Gasteiger partial charge on any atom is -0.444 e. The Morgan fingerprint density at radius 1 is 1.31 bits per heavy atom. The third-order valence-corrected chi connectivity index (χ3v) is 5.72. The number of rotatable bonds is 3. The maximum atomic E-state index is 12.9. The van der Waals surface area contributed by atoms with Crippen LogP contribution in [0.1, 0.15) is 45.7 Å². The zero-order valence-corrected chi connectivity index (χ0v) is 19.3. The van der Waals surface area contributed by atoms with Crippen molar-refractivity contribution in [1.82, 2.24) is 19.4 Å². The molecule has 170 valence electrons. The van der Waals surface area contributed by atoms with E-state index >= 15 is 0 Å². The lowest BCUT2D eigenvalue weighted by atomic mass is 10.0. The van der Waals surface area contributed by atoms with E-state index in [4.69, 9.17) is 21.1 Å². The standard InChI is InChI=1S/C23H27ClN4O4/c1-5-16-11-27(22(30)32-23(2,3)4)18(12-31-16)14-6-8-15(9-7-14)28-19(24)10-17-20(28)25-13-26-21(17)29/h6-10,13,16,18H,5,11-12H2,1-4H3,(H,25,26,29)/t16-,18-/m1/s1. The van der Waals surface area contributed by atoms with Crippen LogP contribution in [0.2, 0.25) is 5.15 Å². The van der Waals surface area contributed by atoms with Crippen LogP contribution in [0.5, 0.6) is 0 Å². The average molecular weight is 459 g/mol.